The van der Waals surface area contributed by atoms with Crippen molar-refractivity contribution in [1.29, 1.82) is 0 Å². The van der Waals surface area contributed by atoms with Crippen LogP contribution in [0.2, 0.25) is 0 Å². The van der Waals surface area contributed by atoms with Crippen LogP contribution >= 0.6 is 0 Å². The molecule has 1 amide bonds. The third-order valence-electron chi connectivity index (χ3n) is 3.59. The van der Waals surface area contributed by atoms with Gasteiger partial charge in [-0.15, -0.1) is 0 Å². The minimum absolute atomic E-state index is 0.117. The van der Waals surface area contributed by atoms with Crippen molar-refractivity contribution in [2.24, 2.45) is 11.7 Å². The van der Waals surface area contributed by atoms with Crippen LogP contribution in [-0.4, -0.2) is 42.0 Å². The molecule has 1 aliphatic heterocycles. The van der Waals surface area contributed by atoms with Crippen LogP contribution < -0.4 is 5.73 Å². The smallest absolute Gasteiger partial charge is 0.328 e. The van der Waals surface area contributed by atoms with Gasteiger partial charge in [0, 0.05) is 6.54 Å². The molecule has 1 heterocycles. The molecule has 0 aromatic rings. The summed E-state index contributed by atoms with van der Waals surface area (Å²) in [5.74, 6) is -0.0267. The Balaban J connectivity index is 2.55. The van der Waals surface area contributed by atoms with Crippen LogP contribution in [0.3, 0.4) is 0 Å². The SMILES string of the molecule is CCCCOC(=O)[C@@H]1CCCN1C(=O)[C@@H](N)CC(C)C. The van der Waals surface area contributed by atoms with E-state index in [1.54, 1.807) is 4.90 Å². The molecule has 5 heteroatoms. The maximum Gasteiger partial charge on any atom is 0.328 e. The average molecular weight is 284 g/mol. The first-order chi connectivity index (χ1) is 9.47. The largest absolute Gasteiger partial charge is 0.464 e. The van der Waals surface area contributed by atoms with Gasteiger partial charge in [-0.3, -0.25) is 4.79 Å². The summed E-state index contributed by atoms with van der Waals surface area (Å²) >= 11 is 0. The average Bonchev–Trinajstić information content (AvgIpc) is 2.86. The fraction of sp³-hybridized carbons (Fsp3) is 0.867. The second kappa shape index (κ2) is 8.25. The molecule has 1 aliphatic rings. The number of nitrogens with zero attached hydrogens (tertiary/aromatic N) is 1. The zero-order chi connectivity index (χ0) is 15.1. The molecule has 116 valence electrons. The summed E-state index contributed by atoms with van der Waals surface area (Å²) in [6, 6.07) is -0.948. The molecule has 0 spiro atoms. The van der Waals surface area contributed by atoms with Crippen molar-refractivity contribution in [2.45, 2.75) is 65.0 Å². The highest BCUT2D eigenvalue weighted by Gasteiger charge is 2.37. The molecule has 0 radical (unpaired) electrons. The number of carbonyl (C=O) groups excluding carboxylic acids is 2. The lowest BCUT2D eigenvalue weighted by molar-refractivity contribution is -0.154. The summed E-state index contributed by atoms with van der Waals surface area (Å²) in [4.78, 5) is 26.0. The van der Waals surface area contributed by atoms with Gasteiger partial charge in [-0.2, -0.15) is 0 Å². The molecule has 0 aromatic carbocycles. The van der Waals surface area contributed by atoms with E-state index in [2.05, 4.69) is 0 Å². The number of amides is 1. The van der Waals surface area contributed by atoms with Crippen molar-refractivity contribution < 1.29 is 14.3 Å². The predicted octanol–water partition coefficient (Wildman–Crippen LogP) is 1.69. The predicted molar refractivity (Wildman–Crippen MR) is 78.0 cm³/mol. The molecular weight excluding hydrogens is 256 g/mol. The summed E-state index contributed by atoms with van der Waals surface area (Å²) in [7, 11) is 0. The van der Waals surface area contributed by atoms with E-state index in [0.717, 1.165) is 19.3 Å². The molecule has 20 heavy (non-hydrogen) atoms. The molecule has 0 bridgehead atoms. The van der Waals surface area contributed by atoms with Crippen LogP contribution in [0, 0.1) is 5.92 Å². The number of rotatable bonds is 7. The Hall–Kier alpha value is -1.10. The Labute approximate surface area is 121 Å². The van der Waals surface area contributed by atoms with Crippen LogP contribution in [0.5, 0.6) is 0 Å². The van der Waals surface area contributed by atoms with Gasteiger partial charge in [0.15, 0.2) is 0 Å². The van der Waals surface area contributed by atoms with Gasteiger partial charge in [0.2, 0.25) is 5.91 Å². The van der Waals surface area contributed by atoms with Crippen molar-refractivity contribution in [3.8, 4) is 0 Å². The van der Waals surface area contributed by atoms with Crippen molar-refractivity contribution in [3.05, 3.63) is 0 Å². The molecule has 5 nitrogen and oxygen atoms in total. The van der Waals surface area contributed by atoms with E-state index in [1.165, 1.54) is 0 Å². The number of esters is 1. The number of unbranched alkanes of at least 4 members (excludes halogenated alkanes) is 1. The molecule has 0 unspecified atom stereocenters. The minimum Gasteiger partial charge on any atom is -0.464 e. The summed E-state index contributed by atoms with van der Waals surface area (Å²) in [5, 5.41) is 0. The van der Waals surface area contributed by atoms with E-state index in [4.69, 9.17) is 10.5 Å². The fourth-order valence-electron chi connectivity index (χ4n) is 2.51. The maximum atomic E-state index is 12.3. The second-order valence-electron chi connectivity index (χ2n) is 5.95. The normalized spacial score (nSPS) is 20.2. The van der Waals surface area contributed by atoms with Gasteiger partial charge in [-0.1, -0.05) is 27.2 Å². The molecule has 1 fully saturated rings. The first-order valence-electron chi connectivity index (χ1n) is 7.70. The van der Waals surface area contributed by atoms with Crippen LogP contribution in [0.4, 0.5) is 0 Å². The molecule has 0 aliphatic carbocycles. The third-order valence-corrected chi connectivity index (χ3v) is 3.59. The quantitative estimate of drug-likeness (QED) is 0.570. The highest BCUT2D eigenvalue weighted by molar-refractivity contribution is 5.88. The zero-order valence-corrected chi connectivity index (χ0v) is 12.9. The van der Waals surface area contributed by atoms with Crippen LogP contribution in [0.25, 0.3) is 0 Å². The molecular formula is C15H28N2O3. The van der Waals surface area contributed by atoms with Gasteiger partial charge in [0.1, 0.15) is 6.04 Å². The van der Waals surface area contributed by atoms with Gasteiger partial charge in [0.05, 0.1) is 12.6 Å². The second-order valence-corrected chi connectivity index (χ2v) is 5.95. The molecule has 1 rings (SSSR count). The third kappa shape index (κ3) is 4.78. The lowest BCUT2D eigenvalue weighted by Crippen LogP contribution is -2.49. The van der Waals surface area contributed by atoms with Crippen LogP contribution in [0.1, 0.15) is 52.9 Å². The van der Waals surface area contributed by atoms with Crippen molar-refractivity contribution in [1.82, 2.24) is 4.90 Å². The van der Waals surface area contributed by atoms with E-state index in [9.17, 15) is 9.59 Å². The number of ether oxygens (including phenoxy) is 1. The number of carbonyl (C=O) groups is 2. The first-order valence-corrected chi connectivity index (χ1v) is 7.70. The fourth-order valence-corrected chi connectivity index (χ4v) is 2.51. The lowest BCUT2D eigenvalue weighted by Gasteiger charge is -2.26. The highest BCUT2D eigenvalue weighted by Crippen LogP contribution is 2.20. The first kappa shape index (κ1) is 17.0. The van der Waals surface area contributed by atoms with Gasteiger partial charge >= 0.3 is 5.97 Å². The van der Waals surface area contributed by atoms with E-state index in [1.807, 2.05) is 20.8 Å². The Bertz CT molecular complexity index is 331. The van der Waals surface area contributed by atoms with E-state index in [0.29, 0.717) is 31.9 Å². The summed E-state index contributed by atoms with van der Waals surface area (Å²) < 4.78 is 5.23. The van der Waals surface area contributed by atoms with Gasteiger partial charge in [-0.25, -0.2) is 4.79 Å². The topological polar surface area (TPSA) is 72.6 Å². The lowest BCUT2D eigenvalue weighted by atomic mass is 10.0. The van der Waals surface area contributed by atoms with E-state index in [-0.39, 0.29) is 11.9 Å². The van der Waals surface area contributed by atoms with Crippen LogP contribution in [0.15, 0.2) is 0 Å². The van der Waals surface area contributed by atoms with E-state index >= 15 is 0 Å². The standard InChI is InChI=1S/C15H28N2O3/c1-4-5-9-20-15(19)13-7-6-8-17(13)14(18)12(16)10-11(2)3/h11-13H,4-10,16H2,1-3H3/t12-,13-/m0/s1. The Morgan fingerprint density at radius 1 is 1.40 bits per heavy atom. The minimum atomic E-state index is -0.515. The molecule has 2 atom stereocenters. The molecule has 0 saturated carbocycles. The Morgan fingerprint density at radius 2 is 2.10 bits per heavy atom. The van der Waals surface area contributed by atoms with Crippen molar-refractivity contribution in [3.63, 3.8) is 0 Å². The van der Waals surface area contributed by atoms with E-state index < -0.39 is 12.1 Å². The molecule has 2 N–H and O–H groups in total. The van der Waals surface area contributed by atoms with Crippen LogP contribution in [-0.2, 0) is 14.3 Å². The monoisotopic (exact) mass is 284 g/mol. The summed E-state index contributed by atoms with van der Waals surface area (Å²) in [6.07, 6.45) is 4.02. The number of hydrogen-bond donors (Lipinski definition) is 1. The number of likely N-dealkylation sites (tertiary alicyclic amines) is 1. The summed E-state index contributed by atoms with van der Waals surface area (Å²) in [5.41, 5.74) is 5.94. The number of hydrogen-bond acceptors (Lipinski definition) is 4. The Morgan fingerprint density at radius 3 is 2.70 bits per heavy atom. The van der Waals surface area contributed by atoms with Gasteiger partial charge in [0.25, 0.3) is 0 Å². The number of nitrogens with two attached hydrogens (primary N) is 1. The molecule has 1 saturated heterocycles. The zero-order valence-electron chi connectivity index (χ0n) is 12.9. The van der Waals surface area contributed by atoms with Crippen molar-refractivity contribution in [2.75, 3.05) is 13.2 Å². The highest BCUT2D eigenvalue weighted by atomic mass is 16.5. The maximum absolute atomic E-state index is 12.3. The van der Waals surface area contributed by atoms with Gasteiger partial charge < -0.3 is 15.4 Å². The Kier molecular flexibility index (Phi) is 6.99. The molecule has 0 aromatic heterocycles. The summed E-state index contributed by atoms with van der Waals surface area (Å²) in [6.45, 7) is 7.16. The van der Waals surface area contributed by atoms with Gasteiger partial charge in [-0.05, 0) is 31.6 Å². The van der Waals surface area contributed by atoms with Crippen molar-refractivity contribution >= 4 is 11.9 Å².